The summed E-state index contributed by atoms with van der Waals surface area (Å²) in [6.07, 6.45) is 6.59. The van der Waals surface area contributed by atoms with Gasteiger partial charge in [0.25, 0.3) is 5.91 Å². The summed E-state index contributed by atoms with van der Waals surface area (Å²) < 4.78 is 12.8. The van der Waals surface area contributed by atoms with Gasteiger partial charge in [-0.3, -0.25) is 4.79 Å². The van der Waals surface area contributed by atoms with Crippen molar-refractivity contribution >= 4 is 17.3 Å². The highest BCUT2D eigenvalue weighted by Crippen LogP contribution is 2.40. The molecule has 0 radical (unpaired) electrons. The Morgan fingerprint density at radius 2 is 2.05 bits per heavy atom. The molecule has 0 saturated heterocycles. The molecule has 0 atom stereocenters. The average molecular weight is 288 g/mol. The maximum Gasteiger partial charge on any atom is 0.251 e. The first-order valence-corrected chi connectivity index (χ1v) is 7.26. The molecule has 21 heavy (non-hydrogen) atoms. The Morgan fingerprint density at radius 1 is 1.29 bits per heavy atom. The van der Waals surface area contributed by atoms with Crippen LogP contribution in [0, 0.1) is 16.7 Å². The van der Waals surface area contributed by atoms with Crippen molar-refractivity contribution in [3.63, 3.8) is 0 Å². The predicted octanol–water partition coefficient (Wildman–Crippen LogP) is 4.24. The van der Waals surface area contributed by atoms with Gasteiger partial charge in [0.2, 0.25) is 0 Å². The maximum atomic E-state index is 12.8. The topological polar surface area (TPSA) is 58.5 Å². The number of halogens is 1. The lowest BCUT2D eigenvalue weighted by Crippen LogP contribution is -2.29. The summed E-state index contributed by atoms with van der Waals surface area (Å²) in [5.41, 5.74) is 1.63. The molecule has 1 N–H and O–H groups in total. The minimum absolute atomic E-state index is 0.0754. The van der Waals surface area contributed by atoms with E-state index in [2.05, 4.69) is 16.6 Å². The Balaban J connectivity index is 1.77. The van der Waals surface area contributed by atoms with Crippen molar-refractivity contribution in [1.29, 1.82) is 0 Å². The lowest BCUT2D eigenvalue weighted by molar-refractivity contribution is -0.113. The van der Waals surface area contributed by atoms with Crippen LogP contribution in [0.3, 0.4) is 0 Å². The van der Waals surface area contributed by atoms with E-state index in [9.17, 15) is 14.1 Å². The normalized spacial score (nSPS) is 23.6. The van der Waals surface area contributed by atoms with Gasteiger partial charge in [-0.2, -0.15) is 0 Å². The predicted molar refractivity (Wildman–Crippen MR) is 78.9 cm³/mol. The van der Waals surface area contributed by atoms with E-state index in [1.54, 1.807) is 6.07 Å². The third kappa shape index (κ3) is 2.73. The van der Waals surface area contributed by atoms with Crippen molar-refractivity contribution in [2.75, 3.05) is 5.32 Å². The van der Waals surface area contributed by atoms with Gasteiger partial charge in [0.05, 0.1) is 0 Å². The van der Waals surface area contributed by atoms with Gasteiger partial charge in [0.15, 0.2) is 0 Å². The quantitative estimate of drug-likeness (QED) is 0.842. The van der Waals surface area contributed by atoms with Crippen molar-refractivity contribution in [3.05, 3.63) is 40.3 Å². The fourth-order valence-electron chi connectivity index (χ4n) is 3.31. The SMILES string of the molecule is O=Nc1ccc(NC(=O)C2=CC3CCC2CC3)cc1CF. The van der Waals surface area contributed by atoms with Crippen LogP contribution in [0.4, 0.5) is 15.8 Å². The molecule has 1 aromatic carbocycles. The Labute approximate surface area is 122 Å². The molecule has 4 nitrogen and oxygen atoms in total. The Morgan fingerprint density at radius 3 is 2.62 bits per heavy atom. The average Bonchev–Trinajstić information content (AvgIpc) is 2.55. The molecule has 2 bridgehead atoms. The largest absolute Gasteiger partial charge is 0.322 e. The van der Waals surface area contributed by atoms with Gasteiger partial charge < -0.3 is 5.32 Å². The third-order valence-corrected chi connectivity index (χ3v) is 4.47. The van der Waals surface area contributed by atoms with Gasteiger partial charge >= 0.3 is 0 Å². The van der Waals surface area contributed by atoms with E-state index in [4.69, 9.17) is 0 Å². The number of nitrogens with one attached hydrogen (secondary N) is 1. The van der Waals surface area contributed by atoms with Crippen LogP contribution in [0.2, 0.25) is 0 Å². The summed E-state index contributed by atoms with van der Waals surface area (Å²) in [5, 5.41) is 5.57. The van der Waals surface area contributed by atoms with Crippen LogP contribution in [0.25, 0.3) is 0 Å². The highest BCUT2D eigenvalue weighted by molar-refractivity contribution is 6.04. The molecule has 1 saturated carbocycles. The fraction of sp³-hybridized carbons (Fsp3) is 0.438. The fourth-order valence-corrected chi connectivity index (χ4v) is 3.31. The zero-order chi connectivity index (χ0) is 14.8. The standard InChI is InChI=1S/C16H17FN2O2/c17-9-12-8-13(5-6-15(12)19-21)18-16(20)14-7-10-1-3-11(14)4-2-10/h5-8,10-11H,1-4,9H2,(H,18,20). The molecule has 5 heteroatoms. The number of anilines is 1. The first kappa shape index (κ1) is 13.9. The lowest BCUT2D eigenvalue weighted by Gasteiger charge is -2.34. The minimum atomic E-state index is -0.780. The summed E-state index contributed by atoms with van der Waals surface area (Å²) >= 11 is 0. The second-order valence-electron chi connectivity index (χ2n) is 5.76. The molecule has 1 aromatic rings. The van der Waals surface area contributed by atoms with Gasteiger partial charge in [-0.05, 0) is 60.9 Å². The van der Waals surface area contributed by atoms with Crippen molar-refractivity contribution in [1.82, 2.24) is 0 Å². The van der Waals surface area contributed by atoms with Crippen molar-refractivity contribution in [2.24, 2.45) is 17.0 Å². The molecule has 0 unspecified atom stereocenters. The maximum absolute atomic E-state index is 12.8. The number of hydrogen-bond acceptors (Lipinski definition) is 3. The Bertz CT molecular complexity index is 604. The molecule has 110 valence electrons. The Hall–Kier alpha value is -2.04. The molecule has 0 heterocycles. The van der Waals surface area contributed by atoms with Crippen LogP contribution in [0.15, 0.2) is 35.0 Å². The number of hydrogen-bond donors (Lipinski definition) is 1. The smallest absolute Gasteiger partial charge is 0.251 e. The molecule has 3 aliphatic rings. The molecular weight excluding hydrogens is 271 g/mol. The molecule has 0 aromatic heterocycles. The van der Waals surface area contributed by atoms with E-state index in [1.165, 1.54) is 25.0 Å². The van der Waals surface area contributed by atoms with E-state index in [1.807, 2.05) is 0 Å². The molecule has 4 rings (SSSR count). The van der Waals surface area contributed by atoms with E-state index in [-0.39, 0.29) is 17.2 Å². The zero-order valence-corrected chi connectivity index (χ0v) is 11.6. The highest BCUT2D eigenvalue weighted by atomic mass is 19.1. The Kier molecular flexibility index (Phi) is 3.82. The number of carbonyl (C=O) groups excluding carboxylic acids is 1. The van der Waals surface area contributed by atoms with E-state index < -0.39 is 6.67 Å². The summed E-state index contributed by atoms with van der Waals surface area (Å²) in [6.45, 7) is -0.780. The van der Waals surface area contributed by atoms with Gasteiger partial charge in [0.1, 0.15) is 12.4 Å². The molecule has 1 amide bonds. The number of carbonyl (C=O) groups is 1. The summed E-state index contributed by atoms with van der Waals surface area (Å²) in [4.78, 5) is 22.9. The second-order valence-corrected chi connectivity index (χ2v) is 5.76. The van der Waals surface area contributed by atoms with Crippen LogP contribution in [0.1, 0.15) is 31.2 Å². The summed E-state index contributed by atoms with van der Waals surface area (Å²) in [5.74, 6) is 0.770. The van der Waals surface area contributed by atoms with Crippen molar-refractivity contribution in [2.45, 2.75) is 32.4 Å². The molecule has 0 spiro atoms. The number of nitrogens with zero attached hydrogens (tertiary/aromatic N) is 1. The number of fused-ring (bicyclic) bond motifs is 2. The number of alkyl halides is 1. The molecule has 1 fully saturated rings. The first-order chi connectivity index (χ1) is 10.2. The molecule has 3 aliphatic carbocycles. The molecule has 0 aliphatic heterocycles. The van der Waals surface area contributed by atoms with E-state index >= 15 is 0 Å². The van der Waals surface area contributed by atoms with Crippen LogP contribution >= 0.6 is 0 Å². The first-order valence-electron chi connectivity index (χ1n) is 7.26. The van der Waals surface area contributed by atoms with Crippen LogP contribution in [-0.2, 0) is 11.5 Å². The van der Waals surface area contributed by atoms with Crippen LogP contribution < -0.4 is 5.32 Å². The lowest BCUT2D eigenvalue weighted by atomic mass is 9.71. The van der Waals surface area contributed by atoms with Gasteiger partial charge in [-0.1, -0.05) is 6.08 Å². The summed E-state index contributed by atoms with van der Waals surface area (Å²) in [6, 6.07) is 4.48. The number of rotatable bonds is 4. The third-order valence-electron chi connectivity index (χ3n) is 4.47. The van der Waals surface area contributed by atoms with Gasteiger partial charge in [-0.25, -0.2) is 4.39 Å². The van der Waals surface area contributed by atoms with E-state index in [0.29, 0.717) is 17.5 Å². The zero-order valence-electron chi connectivity index (χ0n) is 11.6. The summed E-state index contributed by atoms with van der Waals surface area (Å²) in [7, 11) is 0. The minimum Gasteiger partial charge on any atom is -0.322 e. The number of nitroso groups, excluding NO2 is 1. The van der Waals surface area contributed by atoms with Crippen LogP contribution in [0.5, 0.6) is 0 Å². The van der Waals surface area contributed by atoms with Crippen LogP contribution in [-0.4, -0.2) is 5.91 Å². The van der Waals surface area contributed by atoms with E-state index in [0.717, 1.165) is 18.4 Å². The highest BCUT2D eigenvalue weighted by Gasteiger charge is 2.32. The second kappa shape index (κ2) is 5.76. The number of benzene rings is 1. The van der Waals surface area contributed by atoms with Gasteiger partial charge in [0, 0.05) is 16.8 Å². The van der Waals surface area contributed by atoms with Crippen molar-refractivity contribution < 1.29 is 9.18 Å². The number of amides is 1. The van der Waals surface area contributed by atoms with Crippen molar-refractivity contribution in [3.8, 4) is 0 Å². The monoisotopic (exact) mass is 288 g/mol. The van der Waals surface area contributed by atoms with Gasteiger partial charge in [-0.15, -0.1) is 4.91 Å². The number of allylic oxidation sites excluding steroid dienone is 1. The molecular formula is C16H17FN2O2.